The lowest BCUT2D eigenvalue weighted by molar-refractivity contribution is -0.146. The lowest BCUT2D eigenvalue weighted by Crippen LogP contribution is -2.58. The highest BCUT2D eigenvalue weighted by atomic mass is 35.5. The number of nitrogens with zero attached hydrogens (tertiary/aromatic N) is 3. The van der Waals surface area contributed by atoms with Gasteiger partial charge in [0.05, 0.1) is 10.9 Å². The first-order valence-corrected chi connectivity index (χ1v) is 15.8. The third-order valence-corrected chi connectivity index (χ3v) is 11.7. The van der Waals surface area contributed by atoms with Gasteiger partial charge >= 0.3 is 0 Å². The number of amides is 3. The Morgan fingerprint density at radius 3 is 2.32 bits per heavy atom. The van der Waals surface area contributed by atoms with E-state index in [0.717, 1.165) is 27.5 Å². The maximum atomic E-state index is 13.2. The zero-order chi connectivity index (χ0) is 26.3. The van der Waals surface area contributed by atoms with Gasteiger partial charge in [0.1, 0.15) is 10.3 Å². The minimum absolute atomic E-state index is 0.0603. The SMILES string of the molecule is CC(=O)N1CC2CC(C1)CN(C(=O)CN1CCCC(NS(=O)(=O)c3ccc(-c4ccc(Cl)s4)s3)C1=O)C2. The Morgan fingerprint density at radius 1 is 1.03 bits per heavy atom. The van der Waals surface area contributed by atoms with E-state index >= 15 is 0 Å². The van der Waals surface area contributed by atoms with Crippen molar-refractivity contribution in [3.8, 4) is 9.75 Å². The van der Waals surface area contributed by atoms with Crippen LogP contribution in [0.3, 0.4) is 0 Å². The second-order valence-electron chi connectivity index (χ2n) is 9.99. The van der Waals surface area contributed by atoms with Crippen LogP contribution >= 0.6 is 34.3 Å². The van der Waals surface area contributed by atoms with Crippen LogP contribution in [0.15, 0.2) is 28.5 Å². The number of carbonyl (C=O) groups is 3. The molecule has 2 bridgehead atoms. The molecule has 3 amide bonds. The highest BCUT2D eigenvalue weighted by molar-refractivity contribution is 7.91. The fourth-order valence-electron chi connectivity index (χ4n) is 5.50. The molecule has 3 saturated heterocycles. The molecule has 0 aromatic carbocycles. The van der Waals surface area contributed by atoms with E-state index in [1.165, 1.54) is 22.3 Å². The Kier molecular flexibility index (Phi) is 7.65. The van der Waals surface area contributed by atoms with E-state index in [0.29, 0.717) is 49.9 Å². The lowest BCUT2D eigenvalue weighted by Gasteiger charge is -2.46. The predicted octanol–water partition coefficient (Wildman–Crippen LogP) is 2.73. The van der Waals surface area contributed by atoms with Gasteiger partial charge in [0, 0.05) is 49.4 Å². The Hall–Kier alpha value is -1.99. The summed E-state index contributed by atoms with van der Waals surface area (Å²) in [6.07, 6.45) is 1.99. The van der Waals surface area contributed by atoms with Crippen LogP contribution in [0.4, 0.5) is 0 Å². The Balaban J connectivity index is 1.20. The summed E-state index contributed by atoms with van der Waals surface area (Å²) in [4.78, 5) is 44.9. The number of rotatable bonds is 6. The fraction of sp³-hybridized carbons (Fsp3) is 0.542. The Labute approximate surface area is 229 Å². The van der Waals surface area contributed by atoms with E-state index < -0.39 is 16.1 Å². The molecule has 3 aliphatic heterocycles. The standard InChI is InChI=1S/C24H29ClN4O5S3/c1-15(30)28-10-16-9-17(11-28)13-29(12-16)22(31)14-27-8-2-3-18(24(27)32)26-37(33,34)23-7-5-20(36-23)19-4-6-21(25)35-19/h4-7,16-18,26H,2-3,8-14H2,1H3. The number of sulfonamides is 1. The van der Waals surface area contributed by atoms with E-state index in [2.05, 4.69) is 4.72 Å². The molecule has 37 heavy (non-hydrogen) atoms. The van der Waals surface area contributed by atoms with Crippen LogP contribution in [0.5, 0.6) is 0 Å². The van der Waals surface area contributed by atoms with Crippen molar-refractivity contribution in [3.05, 3.63) is 28.6 Å². The van der Waals surface area contributed by atoms with Gasteiger partial charge in [-0.3, -0.25) is 14.4 Å². The van der Waals surface area contributed by atoms with Gasteiger partial charge < -0.3 is 14.7 Å². The van der Waals surface area contributed by atoms with Crippen molar-refractivity contribution in [2.45, 2.75) is 36.4 Å². The summed E-state index contributed by atoms with van der Waals surface area (Å²) < 4.78 is 29.4. The van der Waals surface area contributed by atoms with E-state index in [-0.39, 0.29) is 40.3 Å². The molecule has 0 radical (unpaired) electrons. The van der Waals surface area contributed by atoms with Crippen molar-refractivity contribution in [3.63, 3.8) is 0 Å². The van der Waals surface area contributed by atoms with Crippen molar-refractivity contribution in [2.24, 2.45) is 11.8 Å². The second-order valence-corrected chi connectivity index (χ2v) is 14.7. The van der Waals surface area contributed by atoms with E-state index in [4.69, 9.17) is 11.6 Å². The molecule has 2 aromatic heterocycles. The van der Waals surface area contributed by atoms with Gasteiger partial charge in [-0.15, -0.1) is 22.7 Å². The molecule has 200 valence electrons. The normalized spacial score (nSPS) is 24.4. The van der Waals surface area contributed by atoms with E-state index in [1.807, 2.05) is 11.0 Å². The summed E-state index contributed by atoms with van der Waals surface area (Å²) in [5, 5.41) is 0. The molecule has 0 aliphatic carbocycles. The van der Waals surface area contributed by atoms with Crippen molar-refractivity contribution in [1.29, 1.82) is 0 Å². The summed E-state index contributed by atoms with van der Waals surface area (Å²) in [6.45, 7) is 4.41. The Morgan fingerprint density at radius 2 is 1.68 bits per heavy atom. The number of piperidine rings is 3. The predicted molar refractivity (Wildman–Crippen MR) is 143 cm³/mol. The van der Waals surface area contributed by atoms with Crippen LogP contribution in [0.1, 0.15) is 26.2 Å². The number of likely N-dealkylation sites (tertiary alicyclic amines) is 3. The Bertz CT molecular complexity index is 1290. The number of fused-ring (bicyclic) bond motifs is 2. The molecule has 0 saturated carbocycles. The minimum atomic E-state index is -3.90. The quantitative estimate of drug-likeness (QED) is 0.562. The first-order chi connectivity index (χ1) is 17.6. The zero-order valence-electron chi connectivity index (χ0n) is 20.4. The van der Waals surface area contributed by atoms with Gasteiger partial charge in [0.25, 0.3) is 10.0 Å². The van der Waals surface area contributed by atoms with Gasteiger partial charge in [0.15, 0.2) is 0 Å². The van der Waals surface area contributed by atoms with E-state index in [9.17, 15) is 22.8 Å². The first kappa shape index (κ1) is 26.6. The molecule has 3 aliphatic rings. The third kappa shape index (κ3) is 5.88. The number of thiophene rings is 2. The third-order valence-electron chi connectivity index (χ3n) is 7.20. The molecule has 5 rings (SSSR count). The molecule has 13 heteroatoms. The van der Waals surface area contributed by atoms with Crippen LogP contribution in [0.25, 0.3) is 9.75 Å². The van der Waals surface area contributed by atoms with Gasteiger partial charge in [-0.1, -0.05) is 11.6 Å². The summed E-state index contributed by atoms with van der Waals surface area (Å²) in [6, 6.07) is 5.97. The first-order valence-electron chi connectivity index (χ1n) is 12.3. The van der Waals surface area contributed by atoms with Gasteiger partial charge in [0.2, 0.25) is 17.7 Å². The van der Waals surface area contributed by atoms with Crippen LogP contribution in [0.2, 0.25) is 4.34 Å². The van der Waals surface area contributed by atoms with Crippen molar-refractivity contribution >= 4 is 62.0 Å². The molecule has 2 aromatic rings. The van der Waals surface area contributed by atoms with Crippen molar-refractivity contribution < 1.29 is 22.8 Å². The molecule has 3 unspecified atom stereocenters. The van der Waals surface area contributed by atoms with Crippen LogP contribution in [-0.2, 0) is 24.4 Å². The number of nitrogens with one attached hydrogen (secondary N) is 1. The van der Waals surface area contributed by atoms with Crippen LogP contribution in [0, 0.1) is 11.8 Å². The second kappa shape index (κ2) is 10.6. The van der Waals surface area contributed by atoms with Crippen LogP contribution < -0.4 is 4.72 Å². The number of hydrogen-bond acceptors (Lipinski definition) is 7. The van der Waals surface area contributed by atoms with Gasteiger partial charge in [-0.25, -0.2) is 8.42 Å². The smallest absolute Gasteiger partial charge is 0.250 e. The average Bonchev–Trinajstić information content (AvgIpc) is 3.50. The molecule has 3 atom stereocenters. The molecule has 1 N–H and O–H groups in total. The largest absolute Gasteiger partial charge is 0.342 e. The molecular weight excluding hydrogens is 556 g/mol. The number of hydrogen-bond donors (Lipinski definition) is 1. The summed E-state index contributed by atoms with van der Waals surface area (Å²) in [7, 11) is -3.90. The maximum Gasteiger partial charge on any atom is 0.250 e. The lowest BCUT2D eigenvalue weighted by atomic mass is 9.84. The molecule has 5 heterocycles. The number of halogens is 1. The summed E-state index contributed by atoms with van der Waals surface area (Å²) in [5.41, 5.74) is 0. The minimum Gasteiger partial charge on any atom is -0.342 e. The van der Waals surface area contributed by atoms with E-state index in [1.54, 1.807) is 24.0 Å². The monoisotopic (exact) mass is 584 g/mol. The van der Waals surface area contributed by atoms with Gasteiger partial charge in [-0.2, -0.15) is 4.72 Å². The fourth-order valence-corrected chi connectivity index (χ4v) is 9.18. The summed E-state index contributed by atoms with van der Waals surface area (Å²) >= 11 is 8.50. The summed E-state index contributed by atoms with van der Waals surface area (Å²) in [5.74, 6) is 0.0672. The van der Waals surface area contributed by atoms with Crippen molar-refractivity contribution in [2.75, 3.05) is 39.3 Å². The zero-order valence-corrected chi connectivity index (χ0v) is 23.6. The molecule has 3 fully saturated rings. The molecule has 9 nitrogen and oxygen atoms in total. The highest BCUT2D eigenvalue weighted by Gasteiger charge is 2.39. The van der Waals surface area contributed by atoms with Crippen LogP contribution in [-0.4, -0.2) is 86.1 Å². The average molecular weight is 585 g/mol. The molecular formula is C24H29ClN4O5S3. The van der Waals surface area contributed by atoms with Gasteiger partial charge in [-0.05, 0) is 55.4 Å². The van der Waals surface area contributed by atoms with Crippen molar-refractivity contribution in [1.82, 2.24) is 19.4 Å². The topological polar surface area (TPSA) is 107 Å². The maximum absolute atomic E-state index is 13.2. The highest BCUT2D eigenvalue weighted by Crippen LogP contribution is 2.37. The number of carbonyl (C=O) groups excluding carboxylic acids is 3. The molecule has 0 spiro atoms.